The molecule has 1 heterocycles. The lowest BCUT2D eigenvalue weighted by atomic mass is 9.98. The van der Waals surface area contributed by atoms with Crippen molar-refractivity contribution in [3.8, 4) is 28.4 Å². The Morgan fingerprint density at radius 3 is 2.52 bits per heavy atom. The molecule has 0 unspecified atom stereocenters. The molecule has 0 saturated carbocycles. The maximum absolute atomic E-state index is 11.0. The van der Waals surface area contributed by atoms with E-state index >= 15 is 0 Å². The molecular weight excluding hydrogens is 390 g/mol. The van der Waals surface area contributed by atoms with Gasteiger partial charge in [0.2, 0.25) is 0 Å². The number of benzene rings is 3. The van der Waals surface area contributed by atoms with Crippen molar-refractivity contribution in [2.45, 2.75) is 13.3 Å². The zero-order chi connectivity index (χ0) is 21.8. The van der Waals surface area contributed by atoms with Crippen molar-refractivity contribution in [1.29, 1.82) is 0 Å². The highest BCUT2D eigenvalue weighted by Gasteiger charge is 2.19. The van der Waals surface area contributed by atoms with Crippen molar-refractivity contribution in [2.24, 2.45) is 0 Å². The third-order valence-corrected chi connectivity index (χ3v) is 4.93. The van der Waals surface area contributed by atoms with Crippen LogP contribution in [-0.4, -0.2) is 21.2 Å². The van der Waals surface area contributed by atoms with E-state index in [-0.39, 0.29) is 5.75 Å². The Kier molecular flexibility index (Phi) is 5.67. The van der Waals surface area contributed by atoms with E-state index in [9.17, 15) is 9.90 Å². The summed E-state index contributed by atoms with van der Waals surface area (Å²) in [6.07, 6.45) is 3.27. The molecule has 0 aliphatic heterocycles. The van der Waals surface area contributed by atoms with Gasteiger partial charge in [0.25, 0.3) is 0 Å². The number of carbonyl (C=O) groups is 1. The molecule has 3 aromatic carbocycles. The smallest absolute Gasteiger partial charge is 0.328 e. The molecule has 4 rings (SSSR count). The summed E-state index contributed by atoms with van der Waals surface area (Å²) >= 11 is 0. The number of aromatic nitrogens is 1. The number of phenolic OH excluding ortho intramolecular Hbond substituents is 1. The topological polar surface area (TPSA) is 79.7 Å². The number of carboxylic acid groups (broad SMARTS) is 1. The second kappa shape index (κ2) is 8.71. The molecule has 2 N–H and O–H groups in total. The number of nitrogens with zero attached hydrogens (tertiary/aromatic N) is 1. The third-order valence-electron chi connectivity index (χ3n) is 4.93. The minimum atomic E-state index is -1.03. The normalized spacial score (nSPS) is 11.1. The van der Waals surface area contributed by atoms with Gasteiger partial charge < -0.3 is 14.9 Å². The highest BCUT2D eigenvalue weighted by molar-refractivity contribution is 5.95. The van der Waals surface area contributed by atoms with Gasteiger partial charge in [0.05, 0.1) is 11.2 Å². The first-order chi connectivity index (χ1) is 15.1. The molecule has 0 spiro atoms. The molecule has 0 aliphatic carbocycles. The predicted octanol–water partition coefficient (Wildman–Crippen LogP) is 6.06. The van der Waals surface area contributed by atoms with E-state index in [4.69, 9.17) is 14.8 Å². The molecule has 5 heteroatoms. The van der Waals surface area contributed by atoms with E-state index in [1.165, 1.54) is 6.08 Å². The molecule has 5 nitrogen and oxygen atoms in total. The largest absolute Gasteiger partial charge is 0.508 e. The summed E-state index contributed by atoms with van der Waals surface area (Å²) in [5.41, 5.74) is 3.96. The van der Waals surface area contributed by atoms with Gasteiger partial charge in [-0.15, -0.1) is 0 Å². The summed E-state index contributed by atoms with van der Waals surface area (Å²) in [6, 6.07) is 22.2. The van der Waals surface area contributed by atoms with E-state index in [0.717, 1.165) is 28.3 Å². The van der Waals surface area contributed by atoms with Gasteiger partial charge in [-0.2, -0.15) is 0 Å². The first-order valence-electron chi connectivity index (χ1n) is 9.95. The average molecular weight is 411 g/mol. The summed E-state index contributed by atoms with van der Waals surface area (Å²) in [6.45, 7) is 2.02. The van der Waals surface area contributed by atoms with Crippen molar-refractivity contribution in [1.82, 2.24) is 4.98 Å². The number of hydrogen-bond acceptors (Lipinski definition) is 4. The Bertz CT molecular complexity index is 1280. The lowest BCUT2D eigenvalue weighted by molar-refractivity contribution is -0.131. The Morgan fingerprint density at radius 2 is 1.77 bits per heavy atom. The number of ether oxygens (including phenoxy) is 1. The average Bonchev–Trinajstić information content (AvgIpc) is 2.78. The number of rotatable bonds is 6. The number of carboxylic acids is 1. The van der Waals surface area contributed by atoms with Gasteiger partial charge in [-0.1, -0.05) is 55.5 Å². The van der Waals surface area contributed by atoms with E-state index in [0.29, 0.717) is 29.0 Å². The Balaban J connectivity index is 1.98. The highest BCUT2D eigenvalue weighted by Crippen LogP contribution is 2.42. The van der Waals surface area contributed by atoms with Crippen molar-refractivity contribution < 1.29 is 19.7 Å². The quantitative estimate of drug-likeness (QED) is 0.377. The van der Waals surface area contributed by atoms with Crippen LogP contribution >= 0.6 is 0 Å². The SMILES string of the molecule is CCc1nc2cc(O)ccc2c(Oc2ccccc2/C=C/C(=O)O)c1-c1ccccc1. The van der Waals surface area contributed by atoms with Crippen LogP contribution in [0, 0.1) is 0 Å². The fourth-order valence-corrected chi connectivity index (χ4v) is 3.52. The number of pyridine rings is 1. The second-order valence-corrected chi connectivity index (χ2v) is 7.00. The molecule has 0 amide bonds. The minimum Gasteiger partial charge on any atom is -0.508 e. The summed E-state index contributed by atoms with van der Waals surface area (Å²) in [4.78, 5) is 15.8. The van der Waals surface area contributed by atoms with Crippen LogP contribution < -0.4 is 4.74 Å². The lowest BCUT2D eigenvalue weighted by Gasteiger charge is -2.18. The Hall–Kier alpha value is -4.12. The zero-order valence-corrected chi connectivity index (χ0v) is 16.9. The predicted molar refractivity (Wildman–Crippen MR) is 121 cm³/mol. The zero-order valence-electron chi connectivity index (χ0n) is 16.9. The molecular formula is C26H21NO4. The van der Waals surface area contributed by atoms with E-state index < -0.39 is 5.97 Å². The first kappa shape index (κ1) is 20.2. The fraction of sp³-hybridized carbons (Fsp3) is 0.0769. The van der Waals surface area contributed by atoms with Gasteiger partial charge in [0.1, 0.15) is 17.2 Å². The number of aryl methyl sites for hydroxylation is 1. The van der Waals surface area contributed by atoms with E-state index in [1.54, 1.807) is 30.3 Å². The monoisotopic (exact) mass is 411 g/mol. The highest BCUT2D eigenvalue weighted by atomic mass is 16.5. The van der Waals surface area contributed by atoms with Gasteiger partial charge >= 0.3 is 5.97 Å². The van der Waals surface area contributed by atoms with Gasteiger partial charge in [-0.05, 0) is 36.3 Å². The van der Waals surface area contributed by atoms with Crippen LogP contribution in [-0.2, 0) is 11.2 Å². The number of hydrogen-bond donors (Lipinski definition) is 2. The van der Waals surface area contributed by atoms with E-state index in [2.05, 4.69) is 0 Å². The van der Waals surface area contributed by atoms with Crippen LogP contribution in [0.1, 0.15) is 18.2 Å². The molecule has 31 heavy (non-hydrogen) atoms. The molecule has 154 valence electrons. The maximum atomic E-state index is 11.0. The Morgan fingerprint density at radius 1 is 1.03 bits per heavy atom. The van der Waals surface area contributed by atoms with E-state index in [1.807, 2.05) is 49.4 Å². The lowest BCUT2D eigenvalue weighted by Crippen LogP contribution is -1.99. The molecule has 0 bridgehead atoms. The minimum absolute atomic E-state index is 0.130. The van der Waals surface area contributed by atoms with Gasteiger partial charge in [-0.3, -0.25) is 4.98 Å². The van der Waals surface area contributed by atoms with Crippen LogP contribution in [0.25, 0.3) is 28.1 Å². The fourth-order valence-electron chi connectivity index (χ4n) is 3.52. The summed E-state index contributed by atoms with van der Waals surface area (Å²) in [5, 5.41) is 19.8. The standard InChI is InChI=1S/C26H21NO4/c1-2-21-25(18-9-4-3-5-10-18)26(20-14-13-19(28)16-22(20)27-21)31-23-11-7-6-8-17(23)12-15-24(29)30/h3-16,28H,2H2,1H3,(H,29,30)/b15-12+. The first-order valence-corrected chi connectivity index (χ1v) is 9.95. The van der Waals surface area contributed by atoms with Crippen LogP contribution in [0.2, 0.25) is 0 Å². The molecule has 0 radical (unpaired) electrons. The molecule has 4 aromatic rings. The number of phenols is 1. The Labute approximate surface area is 179 Å². The summed E-state index contributed by atoms with van der Waals surface area (Å²) in [7, 11) is 0. The van der Waals surface area contributed by atoms with Crippen molar-refractivity contribution in [3.05, 3.63) is 90.1 Å². The van der Waals surface area contributed by atoms with Crippen LogP contribution in [0.4, 0.5) is 0 Å². The molecule has 0 fully saturated rings. The molecule has 1 aromatic heterocycles. The van der Waals surface area contributed by atoms with Crippen molar-refractivity contribution in [3.63, 3.8) is 0 Å². The summed E-state index contributed by atoms with van der Waals surface area (Å²) in [5.74, 6) is 0.243. The number of fused-ring (bicyclic) bond motifs is 1. The van der Waals surface area contributed by atoms with Crippen molar-refractivity contribution in [2.75, 3.05) is 0 Å². The van der Waals surface area contributed by atoms with Crippen LogP contribution in [0.15, 0.2) is 78.9 Å². The number of aliphatic carboxylic acids is 1. The van der Waals surface area contributed by atoms with Gasteiger partial charge in [0, 0.05) is 28.7 Å². The number of para-hydroxylation sites is 1. The molecule has 0 aliphatic rings. The molecule has 0 saturated heterocycles. The van der Waals surface area contributed by atoms with Crippen molar-refractivity contribution >= 4 is 22.9 Å². The second-order valence-electron chi connectivity index (χ2n) is 7.00. The summed E-state index contributed by atoms with van der Waals surface area (Å²) < 4.78 is 6.46. The third kappa shape index (κ3) is 4.26. The number of aromatic hydroxyl groups is 1. The maximum Gasteiger partial charge on any atom is 0.328 e. The van der Waals surface area contributed by atoms with Gasteiger partial charge in [-0.25, -0.2) is 4.79 Å². The van der Waals surface area contributed by atoms with Gasteiger partial charge in [0.15, 0.2) is 0 Å². The van der Waals surface area contributed by atoms with Crippen LogP contribution in [0.3, 0.4) is 0 Å². The molecule has 0 atom stereocenters. The van der Waals surface area contributed by atoms with Crippen LogP contribution in [0.5, 0.6) is 17.2 Å².